The first-order valence-electron chi connectivity index (χ1n) is 10.8. The minimum absolute atomic E-state index is 0.167. The number of benzene rings is 2. The molecule has 6 heteroatoms. The van der Waals surface area contributed by atoms with Crippen LogP contribution < -0.4 is 0 Å². The largest absolute Gasteiger partial charge is 0.464 e. The third kappa shape index (κ3) is 5.10. The molecule has 2 atom stereocenters. The molecule has 2 aromatic carbocycles. The second-order valence-corrected chi connectivity index (χ2v) is 9.79. The molecular weight excluding hydrogens is 398 g/mol. The number of sulfonamides is 1. The highest BCUT2D eigenvalue weighted by Gasteiger charge is 2.40. The van der Waals surface area contributed by atoms with Gasteiger partial charge in [-0.3, -0.25) is 4.79 Å². The van der Waals surface area contributed by atoms with Crippen molar-refractivity contribution >= 4 is 16.0 Å². The van der Waals surface area contributed by atoms with E-state index < -0.39 is 22.0 Å². The Morgan fingerprint density at radius 2 is 1.73 bits per heavy atom. The number of unbranched alkanes of at least 4 members (excludes halogenated alkanes) is 1. The molecular formula is C24H31NO4S. The van der Waals surface area contributed by atoms with E-state index in [9.17, 15) is 13.2 Å². The normalized spacial score (nSPS) is 17.9. The number of hydrogen-bond donors (Lipinski definition) is 0. The van der Waals surface area contributed by atoms with Crippen LogP contribution in [-0.4, -0.2) is 31.3 Å². The first kappa shape index (κ1) is 22.5. The van der Waals surface area contributed by atoms with Gasteiger partial charge in [0.1, 0.15) is 6.04 Å². The molecule has 0 spiro atoms. The van der Waals surface area contributed by atoms with Crippen molar-refractivity contribution in [3.63, 3.8) is 0 Å². The van der Waals surface area contributed by atoms with Crippen molar-refractivity contribution in [3.05, 3.63) is 65.7 Å². The van der Waals surface area contributed by atoms with Gasteiger partial charge in [0, 0.05) is 13.0 Å². The Hall–Kier alpha value is -2.18. The smallest absolute Gasteiger partial charge is 0.324 e. The number of ether oxygens (including phenoxy) is 1. The number of carbonyl (C=O) groups excluding carboxylic acids is 1. The topological polar surface area (TPSA) is 63.7 Å². The minimum Gasteiger partial charge on any atom is -0.464 e. The number of fused-ring (bicyclic) bond motifs is 1. The fourth-order valence-corrected chi connectivity index (χ4v) is 5.45. The lowest BCUT2D eigenvalue weighted by Crippen LogP contribution is -2.49. The Morgan fingerprint density at radius 1 is 1.07 bits per heavy atom. The molecule has 1 aliphatic heterocycles. The summed E-state index contributed by atoms with van der Waals surface area (Å²) >= 11 is 0. The molecule has 5 nitrogen and oxygen atoms in total. The van der Waals surface area contributed by atoms with Gasteiger partial charge < -0.3 is 4.74 Å². The lowest BCUT2D eigenvalue weighted by atomic mass is 9.96. The molecule has 2 aromatic rings. The zero-order chi connectivity index (χ0) is 21.6. The van der Waals surface area contributed by atoms with Gasteiger partial charge in [0.25, 0.3) is 0 Å². The lowest BCUT2D eigenvalue weighted by Gasteiger charge is -2.34. The lowest BCUT2D eigenvalue weighted by molar-refractivity contribution is -0.150. The van der Waals surface area contributed by atoms with Crippen molar-refractivity contribution in [1.29, 1.82) is 0 Å². The number of nitrogens with zero attached hydrogens (tertiary/aromatic N) is 1. The van der Waals surface area contributed by atoms with Crippen molar-refractivity contribution in [1.82, 2.24) is 4.31 Å². The third-order valence-electron chi connectivity index (χ3n) is 5.83. The highest BCUT2D eigenvalue weighted by molar-refractivity contribution is 7.89. The van der Waals surface area contributed by atoms with E-state index in [4.69, 9.17) is 4.74 Å². The second-order valence-electron chi connectivity index (χ2n) is 7.90. The van der Waals surface area contributed by atoms with Gasteiger partial charge in [-0.2, -0.15) is 4.31 Å². The molecule has 30 heavy (non-hydrogen) atoms. The number of esters is 1. The average molecular weight is 430 g/mol. The zero-order valence-electron chi connectivity index (χ0n) is 17.8. The summed E-state index contributed by atoms with van der Waals surface area (Å²) in [6, 6.07) is 15.1. The van der Waals surface area contributed by atoms with E-state index in [1.165, 1.54) is 4.31 Å². The molecule has 0 fully saturated rings. The fourth-order valence-electron chi connectivity index (χ4n) is 3.87. The van der Waals surface area contributed by atoms with Gasteiger partial charge in [0.2, 0.25) is 10.0 Å². The molecule has 0 radical (unpaired) electrons. The van der Waals surface area contributed by atoms with Crippen molar-refractivity contribution in [2.24, 2.45) is 5.92 Å². The summed E-state index contributed by atoms with van der Waals surface area (Å²) in [5, 5.41) is 0. The molecule has 1 heterocycles. The maximum atomic E-state index is 13.4. The first-order valence-corrected chi connectivity index (χ1v) is 12.2. The highest BCUT2D eigenvalue weighted by atomic mass is 32.2. The molecule has 0 saturated heterocycles. The molecule has 0 aromatic heterocycles. The van der Waals surface area contributed by atoms with Crippen LogP contribution in [0.25, 0.3) is 0 Å². The second kappa shape index (κ2) is 10.2. The predicted molar refractivity (Wildman–Crippen MR) is 117 cm³/mol. The van der Waals surface area contributed by atoms with Gasteiger partial charge >= 0.3 is 5.97 Å². The highest BCUT2D eigenvalue weighted by Crippen LogP contribution is 2.30. The van der Waals surface area contributed by atoms with E-state index in [1.54, 1.807) is 30.3 Å². The van der Waals surface area contributed by atoms with Crippen LogP contribution in [-0.2, 0) is 32.5 Å². The Balaban J connectivity index is 1.85. The number of carbonyl (C=O) groups is 1. The summed E-state index contributed by atoms with van der Waals surface area (Å²) in [5.74, 6) is -0.150. The summed E-state index contributed by atoms with van der Waals surface area (Å²) in [5.41, 5.74) is 1.92. The molecule has 0 saturated carbocycles. The summed E-state index contributed by atoms with van der Waals surface area (Å²) in [6.07, 6.45) is 4.48. The molecule has 0 amide bonds. The fraction of sp³-hybridized carbons (Fsp3) is 0.458. The number of hydrogen-bond acceptors (Lipinski definition) is 4. The van der Waals surface area contributed by atoms with Crippen molar-refractivity contribution in [2.75, 3.05) is 6.61 Å². The van der Waals surface area contributed by atoms with Crippen LogP contribution in [0.3, 0.4) is 0 Å². The monoisotopic (exact) mass is 429 g/mol. The summed E-state index contributed by atoms with van der Waals surface area (Å²) < 4.78 is 33.7. The van der Waals surface area contributed by atoms with Gasteiger partial charge in [0.15, 0.2) is 0 Å². The molecule has 0 bridgehead atoms. The summed E-state index contributed by atoms with van der Waals surface area (Å²) in [7, 11) is -3.82. The quantitative estimate of drug-likeness (QED) is 0.548. The van der Waals surface area contributed by atoms with Crippen LogP contribution in [0.2, 0.25) is 0 Å². The summed E-state index contributed by atoms with van der Waals surface area (Å²) in [4.78, 5) is 13.3. The van der Waals surface area contributed by atoms with Crippen LogP contribution in [0.1, 0.15) is 50.7 Å². The molecule has 2 unspecified atom stereocenters. The standard InChI is InChI=1S/C24H31NO4S/c1-3-5-11-19(4-2)18-29-24(26)23-16-20-12-9-10-13-21(20)17-25(23)30(27,28)22-14-7-6-8-15-22/h6-10,12-15,19,23H,3-5,11,16-18H2,1-2H3. The van der Waals surface area contributed by atoms with E-state index >= 15 is 0 Å². The van der Waals surface area contributed by atoms with Gasteiger partial charge in [-0.1, -0.05) is 75.6 Å². The van der Waals surface area contributed by atoms with Crippen LogP contribution in [0, 0.1) is 5.92 Å². The Morgan fingerprint density at radius 3 is 2.40 bits per heavy atom. The van der Waals surface area contributed by atoms with E-state index in [1.807, 2.05) is 24.3 Å². The first-order chi connectivity index (χ1) is 14.5. The van der Waals surface area contributed by atoms with Crippen LogP contribution >= 0.6 is 0 Å². The molecule has 0 aliphatic carbocycles. The predicted octanol–water partition coefficient (Wildman–Crippen LogP) is 4.56. The van der Waals surface area contributed by atoms with Gasteiger partial charge in [-0.15, -0.1) is 0 Å². The maximum Gasteiger partial charge on any atom is 0.324 e. The number of rotatable bonds is 9. The van der Waals surface area contributed by atoms with Gasteiger partial charge in [0.05, 0.1) is 11.5 Å². The van der Waals surface area contributed by atoms with E-state index in [0.717, 1.165) is 36.8 Å². The molecule has 162 valence electrons. The zero-order valence-corrected chi connectivity index (χ0v) is 18.6. The molecule has 1 aliphatic rings. The van der Waals surface area contributed by atoms with Crippen LogP contribution in [0.4, 0.5) is 0 Å². The van der Waals surface area contributed by atoms with Gasteiger partial charge in [-0.25, -0.2) is 8.42 Å². The van der Waals surface area contributed by atoms with Crippen molar-refractivity contribution in [2.45, 2.75) is 63.4 Å². The SMILES string of the molecule is CCCCC(CC)COC(=O)C1Cc2ccccc2CN1S(=O)(=O)c1ccccc1. The van der Waals surface area contributed by atoms with Crippen LogP contribution in [0.5, 0.6) is 0 Å². The Bertz CT molecular complexity index is 943. The van der Waals surface area contributed by atoms with E-state index in [2.05, 4.69) is 13.8 Å². The Labute approximate surface area is 180 Å². The van der Waals surface area contributed by atoms with Crippen LogP contribution in [0.15, 0.2) is 59.5 Å². The molecule has 3 rings (SSSR count). The van der Waals surface area contributed by atoms with Gasteiger partial charge in [-0.05, 0) is 35.6 Å². The average Bonchev–Trinajstić information content (AvgIpc) is 2.78. The van der Waals surface area contributed by atoms with E-state index in [-0.39, 0.29) is 11.4 Å². The minimum atomic E-state index is -3.82. The Kier molecular flexibility index (Phi) is 7.67. The van der Waals surface area contributed by atoms with Crippen molar-refractivity contribution in [3.8, 4) is 0 Å². The maximum absolute atomic E-state index is 13.4. The third-order valence-corrected chi connectivity index (χ3v) is 7.70. The summed E-state index contributed by atoms with van der Waals surface area (Å²) in [6.45, 7) is 4.74. The van der Waals surface area contributed by atoms with Crippen molar-refractivity contribution < 1.29 is 17.9 Å². The van der Waals surface area contributed by atoms with E-state index in [0.29, 0.717) is 18.9 Å². The molecule has 0 N–H and O–H groups in total.